The number of fused-ring (bicyclic) bond motifs is 2. The standard InChI is InChI=1S/C17H29N3O2/c21-16(8-12-4-2-1-3-5-12)18-11-17(22)20-15-9-13-6-7-14(10-15)19-13/h12-15,19H,1-11H2,(H,18,21)(H,20,22). The zero-order chi connectivity index (χ0) is 15.4. The van der Waals surface area contributed by atoms with Gasteiger partial charge < -0.3 is 16.0 Å². The van der Waals surface area contributed by atoms with Crippen LogP contribution in [0.3, 0.4) is 0 Å². The second kappa shape index (κ2) is 7.44. The summed E-state index contributed by atoms with van der Waals surface area (Å²) in [5, 5.41) is 9.44. The first-order valence-corrected chi connectivity index (χ1v) is 9.01. The number of hydrogen-bond acceptors (Lipinski definition) is 3. The molecular weight excluding hydrogens is 278 g/mol. The molecule has 2 amide bonds. The molecule has 5 nitrogen and oxygen atoms in total. The molecule has 22 heavy (non-hydrogen) atoms. The quantitative estimate of drug-likeness (QED) is 0.720. The van der Waals surface area contributed by atoms with Crippen LogP contribution in [0.1, 0.15) is 64.2 Å². The van der Waals surface area contributed by atoms with Crippen LogP contribution in [-0.4, -0.2) is 36.5 Å². The Morgan fingerprint density at radius 1 is 0.909 bits per heavy atom. The van der Waals surface area contributed by atoms with E-state index in [1.54, 1.807) is 0 Å². The van der Waals surface area contributed by atoms with Crippen molar-refractivity contribution in [3.05, 3.63) is 0 Å². The maximum absolute atomic E-state index is 12.0. The number of amides is 2. The summed E-state index contributed by atoms with van der Waals surface area (Å²) in [6.45, 7) is 0.130. The number of hydrogen-bond donors (Lipinski definition) is 3. The van der Waals surface area contributed by atoms with Gasteiger partial charge in [-0.2, -0.15) is 0 Å². The molecule has 2 aliphatic heterocycles. The van der Waals surface area contributed by atoms with Gasteiger partial charge in [0, 0.05) is 24.5 Å². The van der Waals surface area contributed by atoms with Crippen LogP contribution in [0.15, 0.2) is 0 Å². The first-order valence-electron chi connectivity index (χ1n) is 9.01. The second-order valence-electron chi connectivity index (χ2n) is 7.36. The normalized spacial score (nSPS) is 31.7. The Balaban J connectivity index is 1.32. The van der Waals surface area contributed by atoms with Gasteiger partial charge in [-0.05, 0) is 44.4 Å². The largest absolute Gasteiger partial charge is 0.352 e. The van der Waals surface area contributed by atoms with Crippen LogP contribution >= 0.6 is 0 Å². The fourth-order valence-corrected chi connectivity index (χ4v) is 4.36. The summed E-state index contributed by atoms with van der Waals surface area (Å²) >= 11 is 0. The van der Waals surface area contributed by atoms with Crippen molar-refractivity contribution in [1.29, 1.82) is 0 Å². The van der Waals surface area contributed by atoms with Crippen LogP contribution in [0.4, 0.5) is 0 Å². The Morgan fingerprint density at radius 3 is 2.27 bits per heavy atom. The minimum atomic E-state index is -0.0386. The van der Waals surface area contributed by atoms with Crippen molar-refractivity contribution in [2.75, 3.05) is 6.54 Å². The fourth-order valence-electron chi connectivity index (χ4n) is 4.36. The van der Waals surface area contributed by atoms with Gasteiger partial charge in [-0.1, -0.05) is 19.3 Å². The minimum Gasteiger partial charge on any atom is -0.352 e. The molecule has 0 spiro atoms. The SMILES string of the molecule is O=C(CC1CCCCC1)NCC(=O)NC1CC2CCC(C1)N2. The number of nitrogens with one attached hydrogen (secondary N) is 3. The summed E-state index contributed by atoms with van der Waals surface area (Å²) in [4.78, 5) is 23.9. The van der Waals surface area contributed by atoms with Crippen molar-refractivity contribution < 1.29 is 9.59 Å². The highest BCUT2D eigenvalue weighted by molar-refractivity contribution is 5.84. The first-order chi connectivity index (χ1) is 10.7. The Kier molecular flexibility index (Phi) is 5.34. The molecular formula is C17H29N3O2. The molecule has 2 atom stereocenters. The van der Waals surface area contributed by atoms with E-state index in [0.717, 1.165) is 25.7 Å². The van der Waals surface area contributed by atoms with Crippen molar-refractivity contribution >= 4 is 11.8 Å². The highest BCUT2D eigenvalue weighted by Crippen LogP contribution is 2.27. The summed E-state index contributed by atoms with van der Waals surface area (Å²) < 4.78 is 0. The van der Waals surface area contributed by atoms with E-state index in [2.05, 4.69) is 16.0 Å². The molecule has 2 heterocycles. The van der Waals surface area contributed by atoms with E-state index in [9.17, 15) is 9.59 Å². The highest BCUT2D eigenvalue weighted by atomic mass is 16.2. The number of carbonyl (C=O) groups is 2. The lowest BCUT2D eigenvalue weighted by Gasteiger charge is -2.29. The highest BCUT2D eigenvalue weighted by Gasteiger charge is 2.33. The Hall–Kier alpha value is -1.10. The van der Waals surface area contributed by atoms with Crippen molar-refractivity contribution in [1.82, 2.24) is 16.0 Å². The molecule has 0 aromatic carbocycles. The van der Waals surface area contributed by atoms with Gasteiger partial charge in [0.05, 0.1) is 6.54 Å². The minimum absolute atomic E-state index is 0.0347. The van der Waals surface area contributed by atoms with Gasteiger partial charge in [-0.15, -0.1) is 0 Å². The molecule has 1 aliphatic carbocycles. The Bertz CT molecular complexity index is 395. The van der Waals surface area contributed by atoms with Gasteiger partial charge in [0.1, 0.15) is 0 Å². The smallest absolute Gasteiger partial charge is 0.239 e. The van der Waals surface area contributed by atoms with Gasteiger partial charge in [0.25, 0.3) is 0 Å². The molecule has 3 N–H and O–H groups in total. The van der Waals surface area contributed by atoms with Crippen molar-refractivity contribution in [2.24, 2.45) is 5.92 Å². The van der Waals surface area contributed by atoms with Crippen LogP contribution in [0, 0.1) is 5.92 Å². The maximum atomic E-state index is 12.0. The zero-order valence-corrected chi connectivity index (χ0v) is 13.4. The molecule has 2 saturated heterocycles. The topological polar surface area (TPSA) is 70.2 Å². The molecule has 0 radical (unpaired) electrons. The number of piperidine rings is 1. The third kappa shape index (κ3) is 4.45. The summed E-state index contributed by atoms with van der Waals surface area (Å²) in [5.41, 5.74) is 0. The average Bonchev–Trinajstić information content (AvgIpc) is 2.85. The third-order valence-corrected chi connectivity index (χ3v) is 5.48. The van der Waals surface area contributed by atoms with Crippen molar-refractivity contribution in [2.45, 2.75) is 82.3 Å². The van der Waals surface area contributed by atoms with Gasteiger partial charge in [0.2, 0.25) is 11.8 Å². The van der Waals surface area contributed by atoms with Crippen LogP contribution < -0.4 is 16.0 Å². The molecule has 5 heteroatoms. The molecule has 1 saturated carbocycles. The zero-order valence-electron chi connectivity index (χ0n) is 13.4. The lowest BCUT2D eigenvalue weighted by atomic mass is 9.87. The van der Waals surface area contributed by atoms with E-state index >= 15 is 0 Å². The molecule has 0 aromatic rings. The molecule has 2 unspecified atom stereocenters. The summed E-state index contributed by atoms with van der Waals surface area (Å²) in [5.74, 6) is 0.521. The van der Waals surface area contributed by atoms with Gasteiger partial charge in [-0.3, -0.25) is 9.59 Å². The van der Waals surface area contributed by atoms with E-state index in [1.165, 1.54) is 32.1 Å². The molecule has 124 valence electrons. The third-order valence-electron chi connectivity index (χ3n) is 5.48. The van der Waals surface area contributed by atoms with Crippen LogP contribution in [0.2, 0.25) is 0 Å². The Labute approximate surface area is 133 Å². The molecule has 3 aliphatic rings. The summed E-state index contributed by atoms with van der Waals surface area (Å²) in [6.07, 6.45) is 11.2. The fraction of sp³-hybridized carbons (Fsp3) is 0.882. The predicted molar refractivity (Wildman–Crippen MR) is 85.3 cm³/mol. The van der Waals surface area contributed by atoms with E-state index in [4.69, 9.17) is 0 Å². The lowest BCUT2D eigenvalue weighted by Crippen LogP contribution is -2.50. The molecule has 2 bridgehead atoms. The number of carbonyl (C=O) groups excluding carboxylic acids is 2. The van der Waals surface area contributed by atoms with Crippen LogP contribution in [-0.2, 0) is 9.59 Å². The summed E-state index contributed by atoms with van der Waals surface area (Å²) in [6, 6.07) is 1.43. The number of rotatable bonds is 5. The van der Waals surface area contributed by atoms with E-state index in [1.807, 2.05) is 0 Å². The lowest BCUT2D eigenvalue weighted by molar-refractivity contribution is -0.127. The summed E-state index contributed by atoms with van der Waals surface area (Å²) in [7, 11) is 0. The monoisotopic (exact) mass is 307 g/mol. The Morgan fingerprint density at radius 2 is 1.59 bits per heavy atom. The second-order valence-corrected chi connectivity index (χ2v) is 7.36. The van der Waals surface area contributed by atoms with E-state index in [-0.39, 0.29) is 24.4 Å². The average molecular weight is 307 g/mol. The first kappa shape index (κ1) is 15.8. The van der Waals surface area contributed by atoms with Crippen LogP contribution in [0.5, 0.6) is 0 Å². The van der Waals surface area contributed by atoms with Crippen molar-refractivity contribution in [3.63, 3.8) is 0 Å². The van der Waals surface area contributed by atoms with Gasteiger partial charge >= 0.3 is 0 Å². The molecule has 3 rings (SSSR count). The van der Waals surface area contributed by atoms with Crippen LogP contribution in [0.25, 0.3) is 0 Å². The van der Waals surface area contributed by atoms with E-state index < -0.39 is 0 Å². The maximum Gasteiger partial charge on any atom is 0.239 e. The van der Waals surface area contributed by atoms with Crippen molar-refractivity contribution in [3.8, 4) is 0 Å². The van der Waals surface area contributed by atoms with E-state index in [0.29, 0.717) is 24.4 Å². The van der Waals surface area contributed by atoms with Gasteiger partial charge in [0.15, 0.2) is 0 Å². The molecule has 3 fully saturated rings. The van der Waals surface area contributed by atoms with Gasteiger partial charge in [-0.25, -0.2) is 0 Å². The predicted octanol–water partition coefficient (Wildman–Crippen LogP) is 1.47. The molecule has 0 aromatic heterocycles.